The summed E-state index contributed by atoms with van der Waals surface area (Å²) in [5, 5.41) is 3.17. The third-order valence-corrected chi connectivity index (χ3v) is 4.05. The lowest BCUT2D eigenvalue weighted by Crippen LogP contribution is -1.99. The van der Waals surface area contributed by atoms with Crippen molar-refractivity contribution in [2.45, 2.75) is 0 Å². The van der Waals surface area contributed by atoms with E-state index in [2.05, 4.69) is 53.8 Å². The van der Waals surface area contributed by atoms with Crippen LogP contribution < -0.4 is 5.32 Å². The number of nitrogens with one attached hydrogen (secondary N) is 1. The maximum Gasteiger partial charge on any atom is 0.153 e. The van der Waals surface area contributed by atoms with E-state index in [0.29, 0.717) is 0 Å². The fourth-order valence-corrected chi connectivity index (χ4v) is 2.85. The van der Waals surface area contributed by atoms with Crippen LogP contribution in [0.15, 0.2) is 78.9 Å². The van der Waals surface area contributed by atoms with Crippen molar-refractivity contribution in [2.75, 3.05) is 12.4 Å². The summed E-state index contributed by atoms with van der Waals surface area (Å²) in [6.45, 7) is 0. The molecule has 0 aliphatic carbocycles. The van der Waals surface area contributed by atoms with Crippen LogP contribution >= 0.6 is 0 Å². The minimum atomic E-state index is 0.791. The van der Waals surface area contributed by atoms with Crippen molar-refractivity contribution < 1.29 is 0 Å². The molecule has 4 rings (SSSR count). The predicted molar refractivity (Wildman–Crippen MR) is 100.0 cm³/mol. The normalized spacial score (nSPS) is 10.7. The summed E-state index contributed by atoms with van der Waals surface area (Å²) in [5.74, 6) is 0.791. The lowest BCUT2D eigenvalue weighted by Gasteiger charge is -2.11. The first-order valence-corrected chi connectivity index (χ1v) is 7.95. The number of hydrogen-bond acceptors (Lipinski definition) is 3. The molecular weight excluding hydrogens is 294 g/mol. The Hall–Kier alpha value is -3.20. The Balaban J connectivity index is 1.88. The average Bonchev–Trinajstić information content (AvgIpc) is 2.67. The van der Waals surface area contributed by atoms with Gasteiger partial charge in [0.25, 0.3) is 0 Å². The molecule has 0 saturated carbocycles. The summed E-state index contributed by atoms with van der Waals surface area (Å²) in [6, 6.07) is 26.7. The number of nitrogens with zero attached hydrogens (tertiary/aromatic N) is 2. The number of para-hydroxylation sites is 2. The molecule has 0 radical (unpaired) electrons. The standard InChI is InChI=1S/C21H17N3/c1-22-21-20(23-18-12-5-6-13-19(18)24-21)17-11-7-10-16(14-17)15-8-3-2-4-9-15/h2-14H,1H3,(H,22,24). The Morgan fingerprint density at radius 1 is 0.625 bits per heavy atom. The Kier molecular flexibility index (Phi) is 3.67. The van der Waals surface area contributed by atoms with Gasteiger partial charge in [-0.1, -0.05) is 60.7 Å². The molecule has 0 aliphatic rings. The minimum Gasteiger partial charge on any atom is -0.371 e. The monoisotopic (exact) mass is 311 g/mol. The highest BCUT2D eigenvalue weighted by atomic mass is 15.0. The van der Waals surface area contributed by atoms with Crippen LogP contribution in [0.2, 0.25) is 0 Å². The van der Waals surface area contributed by atoms with Crippen molar-refractivity contribution in [3.05, 3.63) is 78.9 Å². The van der Waals surface area contributed by atoms with Gasteiger partial charge < -0.3 is 5.32 Å². The lowest BCUT2D eigenvalue weighted by atomic mass is 10.0. The van der Waals surface area contributed by atoms with Crippen molar-refractivity contribution in [3.63, 3.8) is 0 Å². The number of rotatable bonds is 3. The van der Waals surface area contributed by atoms with Gasteiger partial charge in [-0.2, -0.15) is 0 Å². The second kappa shape index (κ2) is 6.13. The van der Waals surface area contributed by atoms with Crippen LogP contribution in [0.4, 0.5) is 5.82 Å². The van der Waals surface area contributed by atoms with Gasteiger partial charge in [0.05, 0.1) is 11.0 Å². The zero-order valence-corrected chi connectivity index (χ0v) is 13.4. The molecule has 0 atom stereocenters. The molecule has 116 valence electrons. The van der Waals surface area contributed by atoms with Crippen LogP contribution in [-0.4, -0.2) is 17.0 Å². The molecule has 3 heteroatoms. The Labute approximate surface area is 141 Å². The highest BCUT2D eigenvalue weighted by molar-refractivity contribution is 5.84. The zero-order chi connectivity index (χ0) is 16.4. The number of benzene rings is 3. The summed E-state index contributed by atoms with van der Waals surface area (Å²) in [4.78, 5) is 9.52. The van der Waals surface area contributed by atoms with Crippen molar-refractivity contribution in [1.29, 1.82) is 0 Å². The number of hydrogen-bond donors (Lipinski definition) is 1. The quantitative estimate of drug-likeness (QED) is 0.578. The van der Waals surface area contributed by atoms with Crippen molar-refractivity contribution >= 4 is 16.9 Å². The third kappa shape index (κ3) is 2.61. The highest BCUT2D eigenvalue weighted by Crippen LogP contribution is 2.30. The zero-order valence-electron chi connectivity index (χ0n) is 13.4. The van der Waals surface area contributed by atoms with E-state index in [9.17, 15) is 0 Å². The summed E-state index contributed by atoms with van der Waals surface area (Å²) >= 11 is 0. The van der Waals surface area contributed by atoms with Gasteiger partial charge in [-0.25, -0.2) is 9.97 Å². The summed E-state index contributed by atoms with van der Waals surface area (Å²) in [7, 11) is 1.88. The van der Waals surface area contributed by atoms with E-state index in [1.165, 1.54) is 11.1 Å². The van der Waals surface area contributed by atoms with E-state index in [4.69, 9.17) is 9.97 Å². The first kappa shape index (κ1) is 14.4. The molecule has 24 heavy (non-hydrogen) atoms. The van der Waals surface area contributed by atoms with E-state index >= 15 is 0 Å². The van der Waals surface area contributed by atoms with Gasteiger partial charge in [0, 0.05) is 12.6 Å². The fourth-order valence-electron chi connectivity index (χ4n) is 2.85. The molecule has 4 aromatic rings. The van der Waals surface area contributed by atoms with Gasteiger partial charge in [-0.05, 0) is 29.3 Å². The molecule has 0 amide bonds. The molecule has 1 heterocycles. The Morgan fingerprint density at radius 3 is 2.00 bits per heavy atom. The summed E-state index contributed by atoms with van der Waals surface area (Å²) < 4.78 is 0. The van der Waals surface area contributed by atoms with Gasteiger partial charge >= 0.3 is 0 Å². The maximum atomic E-state index is 4.83. The summed E-state index contributed by atoms with van der Waals surface area (Å²) in [5.41, 5.74) is 6.08. The van der Waals surface area contributed by atoms with Crippen LogP contribution in [0, 0.1) is 0 Å². The minimum absolute atomic E-state index is 0.791. The number of fused-ring (bicyclic) bond motifs is 1. The van der Waals surface area contributed by atoms with E-state index < -0.39 is 0 Å². The topological polar surface area (TPSA) is 37.8 Å². The van der Waals surface area contributed by atoms with E-state index in [0.717, 1.165) is 28.1 Å². The van der Waals surface area contributed by atoms with Gasteiger partial charge in [-0.3, -0.25) is 0 Å². The molecule has 1 N–H and O–H groups in total. The molecule has 3 nitrogen and oxygen atoms in total. The highest BCUT2D eigenvalue weighted by Gasteiger charge is 2.10. The molecule has 3 aromatic carbocycles. The summed E-state index contributed by atoms with van der Waals surface area (Å²) in [6.07, 6.45) is 0. The van der Waals surface area contributed by atoms with E-state index in [1.54, 1.807) is 0 Å². The Bertz CT molecular complexity index is 994. The van der Waals surface area contributed by atoms with E-state index in [1.807, 2.05) is 37.4 Å². The average molecular weight is 311 g/mol. The second-order valence-corrected chi connectivity index (χ2v) is 5.61. The van der Waals surface area contributed by atoms with Crippen LogP contribution in [0.1, 0.15) is 0 Å². The molecule has 0 bridgehead atoms. The molecule has 0 unspecified atom stereocenters. The van der Waals surface area contributed by atoms with Gasteiger partial charge in [0.1, 0.15) is 5.69 Å². The largest absolute Gasteiger partial charge is 0.371 e. The van der Waals surface area contributed by atoms with Crippen LogP contribution in [0.3, 0.4) is 0 Å². The number of aromatic nitrogens is 2. The molecule has 0 aliphatic heterocycles. The van der Waals surface area contributed by atoms with Gasteiger partial charge in [0.15, 0.2) is 5.82 Å². The Morgan fingerprint density at radius 2 is 1.25 bits per heavy atom. The van der Waals surface area contributed by atoms with Crippen LogP contribution in [-0.2, 0) is 0 Å². The molecular formula is C21H17N3. The van der Waals surface area contributed by atoms with Crippen LogP contribution in [0.5, 0.6) is 0 Å². The van der Waals surface area contributed by atoms with Crippen molar-refractivity contribution in [1.82, 2.24) is 9.97 Å². The van der Waals surface area contributed by atoms with Crippen LogP contribution in [0.25, 0.3) is 33.4 Å². The molecule has 1 aromatic heterocycles. The SMILES string of the molecule is CNc1nc2ccccc2nc1-c1cccc(-c2ccccc2)c1. The van der Waals surface area contributed by atoms with Crippen molar-refractivity contribution in [2.24, 2.45) is 0 Å². The number of anilines is 1. The second-order valence-electron chi connectivity index (χ2n) is 5.61. The van der Waals surface area contributed by atoms with Crippen molar-refractivity contribution in [3.8, 4) is 22.4 Å². The molecule has 0 fully saturated rings. The smallest absolute Gasteiger partial charge is 0.153 e. The van der Waals surface area contributed by atoms with Gasteiger partial charge in [0.2, 0.25) is 0 Å². The lowest BCUT2D eigenvalue weighted by molar-refractivity contribution is 1.26. The van der Waals surface area contributed by atoms with Gasteiger partial charge in [-0.15, -0.1) is 0 Å². The first-order chi connectivity index (χ1) is 11.8. The molecule has 0 spiro atoms. The fraction of sp³-hybridized carbons (Fsp3) is 0.0476. The predicted octanol–water partition coefficient (Wildman–Crippen LogP) is 5.01. The van der Waals surface area contributed by atoms with E-state index in [-0.39, 0.29) is 0 Å². The third-order valence-electron chi connectivity index (χ3n) is 4.05. The maximum absolute atomic E-state index is 4.83. The molecule has 0 saturated heterocycles. The first-order valence-electron chi connectivity index (χ1n) is 7.95.